The molecule has 8 heteroatoms. The summed E-state index contributed by atoms with van der Waals surface area (Å²) in [5.41, 5.74) is -0.749. The van der Waals surface area contributed by atoms with Crippen molar-refractivity contribution in [1.29, 1.82) is 0 Å². The molecule has 2 fully saturated rings. The van der Waals surface area contributed by atoms with Crippen molar-refractivity contribution in [2.45, 2.75) is 38.0 Å². The molecule has 3 rings (SSSR count). The highest BCUT2D eigenvalue weighted by Gasteiger charge is 2.38. The van der Waals surface area contributed by atoms with Crippen LogP contribution >= 0.6 is 0 Å². The van der Waals surface area contributed by atoms with Gasteiger partial charge in [0, 0.05) is 31.7 Å². The number of hydrogen-bond donors (Lipinski definition) is 1. The summed E-state index contributed by atoms with van der Waals surface area (Å²) in [4.78, 5) is 17.5. The first-order valence-corrected chi connectivity index (χ1v) is 7.99. The quantitative estimate of drug-likeness (QED) is 0.850. The maximum absolute atomic E-state index is 13.0. The third kappa shape index (κ3) is 3.63. The van der Waals surface area contributed by atoms with Crippen molar-refractivity contribution in [2.24, 2.45) is 0 Å². The number of anilines is 1. The van der Waals surface area contributed by atoms with E-state index in [1.807, 2.05) is 4.90 Å². The number of hydrogen-bond acceptors (Lipinski definition) is 4. The monoisotopic (exact) mass is 343 g/mol. The Labute approximate surface area is 138 Å². The molecule has 1 N–H and O–H groups in total. The molecule has 5 nitrogen and oxygen atoms in total. The van der Waals surface area contributed by atoms with E-state index in [2.05, 4.69) is 10.3 Å². The maximum Gasteiger partial charge on any atom is 0.416 e. The third-order valence-corrected chi connectivity index (χ3v) is 4.61. The number of nitrogens with zero attached hydrogens (tertiary/aromatic N) is 2. The summed E-state index contributed by atoms with van der Waals surface area (Å²) in [6.07, 6.45) is -2.75. The first kappa shape index (κ1) is 17.0. The van der Waals surface area contributed by atoms with Crippen LogP contribution < -0.4 is 10.2 Å². The van der Waals surface area contributed by atoms with Crippen LogP contribution in [-0.4, -0.2) is 42.7 Å². The molecule has 1 amide bonds. The Bertz CT molecular complexity index is 625. The highest BCUT2D eigenvalue weighted by Crippen LogP contribution is 2.34. The molecule has 0 aromatic carbocycles. The van der Waals surface area contributed by atoms with Crippen molar-refractivity contribution < 1.29 is 22.7 Å². The zero-order valence-corrected chi connectivity index (χ0v) is 13.4. The Morgan fingerprint density at radius 2 is 2.00 bits per heavy atom. The van der Waals surface area contributed by atoms with Crippen molar-refractivity contribution in [2.75, 3.05) is 31.1 Å². The van der Waals surface area contributed by atoms with Gasteiger partial charge < -0.3 is 15.0 Å². The minimum Gasteiger partial charge on any atom is -0.372 e. The number of amides is 1. The fraction of sp³-hybridized carbons (Fsp3) is 0.625. The van der Waals surface area contributed by atoms with Gasteiger partial charge in [-0.05, 0) is 31.9 Å². The van der Waals surface area contributed by atoms with Crippen molar-refractivity contribution in [3.63, 3.8) is 0 Å². The minimum atomic E-state index is -4.38. The first-order valence-electron chi connectivity index (χ1n) is 7.99. The predicted molar refractivity (Wildman–Crippen MR) is 81.7 cm³/mol. The van der Waals surface area contributed by atoms with Gasteiger partial charge in [0.25, 0.3) is 0 Å². The van der Waals surface area contributed by atoms with E-state index in [1.165, 1.54) is 0 Å². The number of carbonyl (C=O) groups is 1. The molecule has 3 heterocycles. The van der Waals surface area contributed by atoms with Crippen LogP contribution in [0, 0.1) is 6.92 Å². The lowest BCUT2D eigenvalue weighted by Crippen LogP contribution is -2.51. The second-order valence-electron chi connectivity index (χ2n) is 6.40. The summed E-state index contributed by atoms with van der Waals surface area (Å²) in [7, 11) is 0. The van der Waals surface area contributed by atoms with Gasteiger partial charge in [-0.3, -0.25) is 4.79 Å². The molecular weight excluding hydrogens is 323 g/mol. The standard InChI is InChI=1S/C16H20F3N3O2/c1-11-8-12(16(17,18)19)9-13(21-11)22-5-3-15(4-6-22)10-20-14(23)2-7-24-15/h8-9H,2-7,10H2,1H3,(H,20,23). The van der Waals surface area contributed by atoms with Gasteiger partial charge in [0.05, 0.1) is 17.8 Å². The number of rotatable bonds is 1. The van der Waals surface area contributed by atoms with Crippen LogP contribution in [0.4, 0.5) is 19.0 Å². The maximum atomic E-state index is 13.0. The molecule has 2 aliphatic rings. The lowest BCUT2D eigenvalue weighted by atomic mass is 9.91. The van der Waals surface area contributed by atoms with Gasteiger partial charge in [-0.15, -0.1) is 0 Å². The van der Waals surface area contributed by atoms with Crippen LogP contribution in [0.3, 0.4) is 0 Å². The fourth-order valence-electron chi connectivity index (χ4n) is 3.20. The smallest absolute Gasteiger partial charge is 0.372 e. The second-order valence-corrected chi connectivity index (χ2v) is 6.40. The Morgan fingerprint density at radius 3 is 2.67 bits per heavy atom. The summed E-state index contributed by atoms with van der Waals surface area (Å²) in [5, 5.41) is 2.85. The number of aryl methyl sites for hydroxylation is 1. The van der Waals surface area contributed by atoms with Gasteiger partial charge >= 0.3 is 6.18 Å². The molecule has 2 saturated heterocycles. The topological polar surface area (TPSA) is 54.5 Å². The van der Waals surface area contributed by atoms with Gasteiger partial charge in [-0.2, -0.15) is 13.2 Å². The van der Waals surface area contributed by atoms with Crippen LogP contribution in [0.1, 0.15) is 30.5 Å². The number of carbonyl (C=O) groups excluding carboxylic acids is 1. The van der Waals surface area contributed by atoms with E-state index in [9.17, 15) is 18.0 Å². The number of nitrogens with one attached hydrogen (secondary N) is 1. The van der Waals surface area contributed by atoms with Gasteiger partial charge in [0.2, 0.25) is 5.91 Å². The van der Waals surface area contributed by atoms with E-state index in [0.717, 1.165) is 12.1 Å². The van der Waals surface area contributed by atoms with Crippen LogP contribution in [-0.2, 0) is 15.7 Å². The molecule has 24 heavy (non-hydrogen) atoms. The SMILES string of the molecule is Cc1cc(C(F)(F)F)cc(N2CCC3(CC2)CNC(=O)CCO3)n1. The number of alkyl halides is 3. The molecule has 1 aromatic rings. The molecule has 0 atom stereocenters. The van der Waals surface area contributed by atoms with Crippen LogP contribution in [0.5, 0.6) is 0 Å². The second kappa shape index (κ2) is 6.23. The van der Waals surface area contributed by atoms with Crippen molar-refractivity contribution >= 4 is 11.7 Å². The number of ether oxygens (including phenoxy) is 1. The summed E-state index contributed by atoms with van der Waals surface area (Å²) in [6.45, 7) is 3.49. The summed E-state index contributed by atoms with van der Waals surface area (Å²) in [5.74, 6) is 0.319. The normalized spacial score (nSPS) is 21.5. The average Bonchev–Trinajstić information content (AvgIpc) is 2.69. The van der Waals surface area contributed by atoms with E-state index in [-0.39, 0.29) is 5.91 Å². The Balaban J connectivity index is 1.73. The van der Waals surface area contributed by atoms with Crippen LogP contribution in [0.15, 0.2) is 12.1 Å². The Hall–Kier alpha value is -1.83. The molecular formula is C16H20F3N3O2. The van der Waals surface area contributed by atoms with Crippen molar-refractivity contribution in [3.8, 4) is 0 Å². The van der Waals surface area contributed by atoms with E-state index in [4.69, 9.17) is 4.74 Å². The first-order chi connectivity index (χ1) is 11.3. The zero-order valence-electron chi connectivity index (χ0n) is 13.4. The molecule has 132 valence electrons. The van der Waals surface area contributed by atoms with Crippen LogP contribution in [0.25, 0.3) is 0 Å². The molecule has 0 bridgehead atoms. The molecule has 1 aromatic heterocycles. The van der Waals surface area contributed by atoms with Crippen LogP contribution in [0.2, 0.25) is 0 Å². The summed E-state index contributed by atoms with van der Waals surface area (Å²) < 4.78 is 44.8. The van der Waals surface area contributed by atoms with E-state index in [1.54, 1.807) is 6.92 Å². The van der Waals surface area contributed by atoms with E-state index in [0.29, 0.717) is 57.0 Å². The molecule has 2 aliphatic heterocycles. The predicted octanol–water partition coefficient (Wildman–Crippen LogP) is 2.28. The highest BCUT2D eigenvalue weighted by molar-refractivity contribution is 5.76. The molecule has 0 saturated carbocycles. The Morgan fingerprint density at radius 1 is 1.29 bits per heavy atom. The summed E-state index contributed by atoms with van der Waals surface area (Å²) >= 11 is 0. The molecule has 0 radical (unpaired) electrons. The van der Waals surface area contributed by atoms with Gasteiger partial charge in [-0.25, -0.2) is 4.98 Å². The van der Waals surface area contributed by atoms with Gasteiger partial charge in [0.15, 0.2) is 0 Å². The van der Waals surface area contributed by atoms with E-state index >= 15 is 0 Å². The van der Waals surface area contributed by atoms with Gasteiger partial charge in [-0.1, -0.05) is 0 Å². The van der Waals surface area contributed by atoms with E-state index < -0.39 is 17.3 Å². The zero-order chi connectivity index (χ0) is 17.4. The van der Waals surface area contributed by atoms with Crippen molar-refractivity contribution in [1.82, 2.24) is 10.3 Å². The fourth-order valence-corrected chi connectivity index (χ4v) is 3.20. The van der Waals surface area contributed by atoms with Gasteiger partial charge in [0.1, 0.15) is 5.82 Å². The van der Waals surface area contributed by atoms with Crippen molar-refractivity contribution in [3.05, 3.63) is 23.4 Å². The lowest BCUT2D eigenvalue weighted by molar-refractivity contribution is -0.137. The number of halogens is 3. The number of aromatic nitrogens is 1. The lowest BCUT2D eigenvalue weighted by Gasteiger charge is -2.41. The molecule has 1 spiro atoms. The summed E-state index contributed by atoms with van der Waals surface area (Å²) in [6, 6.07) is 2.15. The Kier molecular flexibility index (Phi) is 4.42. The molecule has 0 unspecified atom stereocenters. The number of pyridine rings is 1. The minimum absolute atomic E-state index is 0.0236. The third-order valence-electron chi connectivity index (χ3n) is 4.61. The number of piperidine rings is 1. The highest BCUT2D eigenvalue weighted by atomic mass is 19.4. The average molecular weight is 343 g/mol. The largest absolute Gasteiger partial charge is 0.416 e. The molecule has 0 aliphatic carbocycles.